The Kier molecular flexibility index (Phi) is 4.73. The van der Waals surface area contributed by atoms with Gasteiger partial charge in [-0.25, -0.2) is 0 Å². The van der Waals surface area contributed by atoms with E-state index in [0.717, 1.165) is 11.1 Å². The number of aryl methyl sites for hydroxylation is 1. The molecule has 0 aliphatic carbocycles. The normalized spacial score (nSPS) is 10.4. The molecule has 0 bridgehead atoms. The molecule has 2 aromatic heterocycles. The van der Waals surface area contributed by atoms with Gasteiger partial charge in [-0.05, 0) is 24.1 Å². The highest BCUT2D eigenvalue weighted by atomic mass is 16.5. The Balaban J connectivity index is 1.49. The van der Waals surface area contributed by atoms with E-state index < -0.39 is 0 Å². The summed E-state index contributed by atoms with van der Waals surface area (Å²) in [6.45, 7) is 0.228. The molecule has 0 aliphatic rings. The molecule has 1 aromatic carbocycles. The first-order chi connectivity index (χ1) is 11.3. The van der Waals surface area contributed by atoms with E-state index in [1.807, 2.05) is 30.3 Å². The van der Waals surface area contributed by atoms with Gasteiger partial charge in [0.2, 0.25) is 17.6 Å². The van der Waals surface area contributed by atoms with E-state index in [1.165, 1.54) is 0 Å². The first-order valence-corrected chi connectivity index (χ1v) is 7.35. The van der Waals surface area contributed by atoms with E-state index in [4.69, 9.17) is 4.52 Å². The molecule has 1 amide bonds. The number of rotatable bonds is 6. The molecule has 0 unspecified atom stereocenters. The van der Waals surface area contributed by atoms with Crippen molar-refractivity contribution in [2.24, 2.45) is 0 Å². The second-order valence-electron chi connectivity index (χ2n) is 5.01. The van der Waals surface area contributed by atoms with Gasteiger partial charge < -0.3 is 9.84 Å². The number of hydrogen-bond acceptors (Lipinski definition) is 5. The Morgan fingerprint density at radius 1 is 1.09 bits per heavy atom. The van der Waals surface area contributed by atoms with E-state index in [-0.39, 0.29) is 12.5 Å². The standard InChI is InChI=1S/C17H16N4O2/c22-15(7-6-13-4-2-1-3-5-13)19-12-16-20-17(21-23-16)14-8-10-18-11-9-14/h1-5,8-11H,6-7,12H2,(H,19,22). The van der Waals surface area contributed by atoms with Gasteiger partial charge >= 0.3 is 0 Å². The highest BCUT2D eigenvalue weighted by molar-refractivity contribution is 5.76. The minimum atomic E-state index is -0.0440. The lowest BCUT2D eigenvalue weighted by molar-refractivity contribution is -0.121. The highest BCUT2D eigenvalue weighted by Crippen LogP contribution is 2.13. The summed E-state index contributed by atoms with van der Waals surface area (Å²) in [6, 6.07) is 13.5. The van der Waals surface area contributed by atoms with Crippen LogP contribution in [0.4, 0.5) is 0 Å². The number of pyridine rings is 1. The summed E-state index contributed by atoms with van der Waals surface area (Å²) in [5.74, 6) is 0.823. The van der Waals surface area contributed by atoms with E-state index >= 15 is 0 Å². The maximum atomic E-state index is 11.9. The Hall–Kier alpha value is -3.02. The molecular weight excluding hydrogens is 292 g/mol. The van der Waals surface area contributed by atoms with Crippen LogP contribution in [0.5, 0.6) is 0 Å². The summed E-state index contributed by atoms with van der Waals surface area (Å²) in [4.78, 5) is 20.0. The summed E-state index contributed by atoms with van der Waals surface area (Å²) in [7, 11) is 0. The molecule has 0 atom stereocenters. The summed E-state index contributed by atoms with van der Waals surface area (Å²) >= 11 is 0. The van der Waals surface area contributed by atoms with Gasteiger partial charge in [-0.2, -0.15) is 4.98 Å². The second kappa shape index (κ2) is 7.31. The summed E-state index contributed by atoms with van der Waals surface area (Å²) in [6.07, 6.45) is 4.46. The fourth-order valence-electron chi connectivity index (χ4n) is 2.11. The van der Waals surface area contributed by atoms with Crippen molar-refractivity contribution in [3.8, 4) is 11.4 Å². The number of nitrogens with one attached hydrogen (secondary N) is 1. The van der Waals surface area contributed by atoms with Crippen LogP contribution in [0.15, 0.2) is 59.4 Å². The number of benzene rings is 1. The molecule has 3 rings (SSSR count). The Labute approximate surface area is 133 Å². The molecule has 3 aromatic rings. The number of carbonyl (C=O) groups is 1. The second-order valence-corrected chi connectivity index (χ2v) is 5.01. The molecular formula is C17H16N4O2. The third-order valence-corrected chi connectivity index (χ3v) is 3.33. The van der Waals surface area contributed by atoms with Gasteiger partial charge in [0.1, 0.15) is 0 Å². The predicted octanol–water partition coefficient (Wildman–Crippen LogP) is 2.38. The van der Waals surface area contributed by atoms with Crippen LogP contribution in [0.25, 0.3) is 11.4 Å². The molecule has 0 aliphatic heterocycles. The third-order valence-electron chi connectivity index (χ3n) is 3.33. The Morgan fingerprint density at radius 3 is 2.65 bits per heavy atom. The molecule has 0 saturated carbocycles. The van der Waals surface area contributed by atoms with Gasteiger partial charge in [-0.15, -0.1) is 0 Å². The Morgan fingerprint density at radius 2 is 1.87 bits per heavy atom. The summed E-state index contributed by atoms with van der Waals surface area (Å²) in [5, 5.41) is 6.68. The Bertz CT molecular complexity index is 757. The lowest BCUT2D eigenvalue weighted by Crippen LogP contribution is -2.23. The van der Waals surface area contributed by atoms with Crippen LogP contribution in [0.3, 0.4) is 0 Å². The first kappa shape index (κ1) is 14.9. The average Bonchev–Trinajstić information content (AvgIpc) is 3.09. The van der Waals surface area contributed by atoms with Gasteiger partial charge in [0.15, 0.2) is 0 Å². The van der Waals surface area contributed by atoms with Crippen LogP contribution in [-0.4, -0.2) is 21.0 Å². The van der Waals surface area contributed by atoms with Crippen LogP contribution >= 0.6 is 0 Å². The number of aromatic nitrogens is 3. The SMILES string of the molecule is O=C(CCc1ccccc1)NCc1nc(-c2ccncc2)no1. The molecule has 6 nitrogen and oxygen atoms in total. The number of nitrogens with zero attached hydrogens (tertiary/aromatic N) is 3. The fraction of sp³-hybridized carbons (Fsp3) is 0.176. The van der Waals surface area contributed by atoms with E-state index in [0.29, 0.717) is 24.6 Å². The highest BCUT2D eigenvalue weighted by Gasteiger charge is 2.09. The molecule has 116 valence electrons. The molecule has 0 spiro atoms. The topological polar surface area (TPSA) is 80.9 Å². The molecule has 23 heavy (non-hydrogen) atoms. The lowest BCUT2D eigenvalue weighted by atomic mass is 10.1. The largest absolute Gasteiger partial charge is 0.347 e. The molecule has 0 radical (unpaired) electrons. The zero-order valence-electron chi connectivity index (χ0n) is 12.5. The maximum absolute atomic E-state index is 11.9. The van der Waals surface area contributed by atoms with Crippen LogP contribution in [0.2, 0.25) is 0 Å². The monoisotopic (exact) mass is 308 g/mol. The summed E-state index contributed by atoms with van der Waals surface area (Å²) in [5.41, 5.74) is 1.96. The minimum absolute atomic E-state index is 0.0440. The summed E-state index contributed by atoms with van der Waals surface area (Å²) < 4.78 is 5.14. The van der Waals surface area contributed by atoms with Crippen molar-refractivity contribution in [2.75, 3.05) is 0 Å². The van der Waals surface area contributed by atoms with E-state index in [2.05, 4.69) is 20.4 Å². The van der Waals surface area contributed by atoms with Crippen molar-refractivity contribution in [3.05, 3.63) is 66.3 Å². The van der Waals surface area contributed by atoms with Gasteiger partial charge in [0.25, 0.3) is 0 Å². The van der Waals surface area contributed by atoms with Crippen LogP contribution in [-0.2, 0) is 17.8 Å². The van der Waals surface area contributed by atoms with E-state index in [9.17, 15) is 4.79 Å². The molecule has 0 saturated heterocycles. The molecule has 1 N–H and O–H groups in total. The minimum Gasteiger partial charge on any atom is -0.347 e. The quantitative estimate of drug-likeness (QED) is 0.756. The van der Waals surface area contributed by atoms with Crippen molar-refractivity contribution in [1.29, 1.82) is 0 Å². The van der Waals surface area contributed by atoms with Gasteiger partial charge in [-0.3, -0.25) is 9.78 Å². The van der Waals surface area contributed by atoms with Crippen LogP contribution in [0.1, 0.15) is 17.9 Å². The smallest absolute Gasteiger partial charge is 0.246 e. The average molecular weight is 308 g/mol. The van der Waals surface area contributed by atoms with Crippen molar-refractivity contribution >= 4 is 5.91 Å². The van der Waals surface area contributed by atoms with E-state index in [1.54, 1.807) is 24.5 Å². The molecule has 2 heterocycles. The molecule has 0 fully saturated rings. The molecule has 6 heteroatoms. The fourth-order valence-corrected chi connectivity index (χ4v) is 2.11. The van der Waals surface area contributed by atoms with Crippen molar-refractivity contribution in [1.82, 2.24) is 20.4 Å². The zero-order chi connectivity index (χ0) is 15.9. The zero-order valence-corrected chi connectivity index (χ0v) is 12.5. The van der Waals surface area contributed by atoms with Gasteiger partial charge in [0.05, 0.1) is 6.54 Å². The van der Waals surface area contributed by atoms with Crippen molar-refractivity contribution < 1.29 is 9.32 Å². The first-order valence-electron chi connectivity index (χ1n) is 7.35. The van der Waals surface area contributed by atoms with Crippen LogP contribution in [0, 0.1) is 0 Å². The number of amides is 1. The van der Waals surface area contributed by atoms with Crippen LogP contribution < -0.4 is 5.32 Å². The van der Waals surface area contributed by atoms with Crippen molar-refractivity contribution in [2.45, 2.75) is 19.4 Å². The predicted molar refractivity (Wildman–Crippen MR) is 84.1 cm³/mol. The van der Waals surface area contributed by atoms with Crippen molar-refractivity contribution in [3.63, 3.8) is 0 Å². The third kappa shape index (κ3) is 4.23. The maximum Gasteiger partial charge on any atom is 0.246 e. The lowest BCUT2D eigenvalue weighted by Gasteiger charge is -2.02. The number of carbonyl (C=O) groups excluding carboxylic acids is 1. The van der Waals surface area contributed by atoms with Gasteiger partial charge in [-0.1, -0.05) is 35.5 Å². The number of hydrogen-bond donors (Lipinski definition) is 1. The van der Waals surface area contributed by atoms with Gasteiger partial charge in [0, 0.05) is 24.4 Å².